The van der Waals surface area contributed by atoms with Crippen molar-refractivity contribution in [3.63, 3.8) is 0 Å². The normalized spacial score (nSPS) is 10.1. The van der Waals surface area contributed by atoms with Crippen LogP contribution >= 0.6 is 11.6 Å². The van der Waals surface area contributed by atoms with Gasteiger partial charge in [0.05, 0.1) is 30.4 Å². The number of rotatable bonds is 8. The van der Waals surface area contributed by atoms with Gasteiger partial charge in [-0.15, -0.1) is 0 Å². The molecule has 0 saturated carbocycles. The van der Waals surface area contributed by atoms with Crippen molar-refractivity contribution in [3.8, 4) is 11.8 Å². The van der Waals surface area contributed by atoms with Crippen LogP contribution in [0.1, 0.15) is 12.0 Å². The van der Waals surface area contributed by atoms with Crippen LogP contribution in [0.15, 0.2) is 18.2 Å². The minimum Gasteiger partial charge on any atom is -0.493 e. The third kappa shape index (κ3) is 5.37. The average Bonchev–Trinajstić information content (AvgIpc) is 2.38. The maximum absolute atomic E-state index is 8.72. The van der Waals surface area contributed by atoms with Gasteiger partial charge in [-0.05, 0) is 12.1 Å². The van der Waals surface area contributed by atoms with Crippen molar-refractivity contribution in [2.24, 2.45) is 0 Å². The van der Waals surface area contributed by atoms with Crippen LogP contribution in [0.25, 0.3) is 0 Å². The molecule has 0 spiro atoms. The fourth-order valence-electron chi connectivity index (χ4n) is 1.27. The van der Waals surface area contributed by atoms with E-state index in [9.17, 15) is 0 Å². The van der Waals surface area contributed by atoms with E-state index in [0.717, 1.165) is 6.42 Å². The Balaban J connectivity index is 2.20. The zero-order valence-electron chi connectivity index (χ0n) is 10.3. The van der Waals surface area contributed by atoms with Crippen molar-refractivity contribution >= 4 is 11.6 Å². The highest BCUT2D eigenvalue weighted by Gasteiger charge is 2.01. The SMILES string of the molecule is COCCOCCCOc1ccc(C#N)c(Cl)c1. The van der Waals surface area contributed by atoms with Gasteiger partial charge in [-0.3, -0.25) is 0 Å². The van der Waals surface area contributed by atoms with E-state index in [4.69, 9.17) is 31.1 Å². The van der Waals surface area contributed by atoms with Crippen LogP contribution in [-0.2, 0) is 9.47 Å². The van der Waals surface area contributed by atoms with Crippen LogP contribution in [-0.4, -0.2) is 33.5 Å². The van der Waals surface area contributed by atoms with E-state index in [0.29, 0.717) is 42.8 Å². The lowest BCUT2D eigenvalue weighted by atomic mass is 10.2. The Bertz CT molecular complexity index is 404. The van der Waals surface area contributed by atoms with Crippen LogP contribution in [0.2, 0.25) is 5.02 Å². The third-order valence-electron chi connectivity index (χ3n) is 2.19. The Labute approximate surface area is 112 Å². The minimum absolute atomic E-state index is 0.409. The van der Waals surface area contributed by atoms with E-state index in [-0.39, 0.29) is 0 Å². The molecule has 0 aliphatic heterocycles. The lowest BCUT2D eigenvalue weighted by molar-refractivity contribution is 0.0644. The molecule has 0 N–H and O–H groups in total. The molecular formula is C13H16ClNO3. The number of ether oxygens (including phenoxy) is 3. The van der Waals surface area contributed by atoms with E-state index in [1.807, 2.05) is 6.07 Å². The molecule has 0 saturated heterocycles. The number of methoxy groups -OCH3 is 1. The van der Waals surface area contributed by atoms with E-state index < -0.39 is 0 Å². The predicted molar refractivity (Wildman–Crippen MR) is 69.0 cm³/mol. The fraction of sp³-hybridized carbons (Fsp3) is 0.462. The highest BCUT2D eigenvalue weighted by atomic mass is 35.5. The molecular weight excluding hydrogens is 254 g/mol. The summed E-state index contributed by atoms with van der Waals surface area (Å²) >= 11 is 5.89. The first kappa shape index (κ1) is 14.8. The number of benzene rings is 1. The van der Waals surface area contributed by atoms with Crippen molar-refractivity contribution in [1.29, 1.82) is 5.26 Å². The molecule has 1 aromatic rings. The van der Waals surface area contributed by atoms with Crippen LogP contribution in [0.5, 0.6) is 5.75 Å². The smallest absolute Gasteiger partial charge is 0.120 e. The average molecular weight is 270 g/mol. The van der Waals surface area contributed by atoms with Crippen LogP contribution in [0.4, 0.5) is 0 Å². The summed E-state index contributed by atoms with van der Waals surface area (Å²) in [5.74, 6) is 0.663. The second kappa shape index (κ2) is 8.76. The molecule has 4 nitrogen and oxygen atoms in total. The van der Waals surface area contributed by atoms with Gasteiger partial charge in [-0.2, -0.15) is 5.26 Å². The summed E-state index contributed by atoms with van der Waals surface area (Å²) in [5.41, 5.74) is 0.451. The second-order valence-electron chi connectivity index (χ2n) is 3.56. The summed E-state index contributed by atoms with van der Waals surface area (Å²) in [6.45, 7) is 2.38. The number of halogens is 1. The van der Waals surface area contributed by atoms with E-state index in [1.165, 1.54) is 0 Å². The Morgan fingerprint density at radius 3 is 2.72 bits per heavy atom. The zero-order chi connectivity index (χ0) is 13.2. The molecule has 0 bridgehead atoms. The molecule has 0 radical (unpaired) electrons. The topological polar surface area (TPSA) is 51.5 Å². The van der Waals surface area contributed by atoms with Gasteiger partial charge in [-0.25, -0.2) is 0 Å². The number of nitriles is 1. The number of hydrogen-bond acceptors (Lipinski definition) is 4. The van der Waals surface area contributed by atoms with E-state index >= 15 is 0 Å². The minimum atomic E-state index is 0.409. The molecule has 0 unspecified atom stereocenters. The molecule has 0 heterocycles. The first-order valence-electron chi connectivity index (χ1n) is 5.67. The lowest BCUT2D eigenvalue weighted by Gasteiger charge is -2.07. The summed E-state index contributed by atoms with van der Waals surface area (Å²) in [7, 11) is 1.64. The Morgan fingerprint density at radius 1 is 1.22 bits per heavy atom. The van der Waals surface area contributed by atoms with Gasteiger partial charge in [0.15, 0.2) is 0 Å². The molecule has 1 aromatic carbocycles. The molecule has 98 valence electrons. The summed E-state index contributed by atoms with van der Waals surface area (Å²) in [4.78, 5) is 0. The van der Waals surface area contributed by atoms with Crippen molar-refractivity contribution in [2.45, 2.75) is 6.42 Å². The first-order chi connectivity index (χ1) is 8.77. The second-order valence-corrected chi connectivity index (χ2v) is 3.97. The molecule has 0 fully saturated rings. The van der Waals surface area contributed by atoms with Crippen LogP contribution < -0.4 is 4.74 Å². The van der Waals surface area contributed by atoms with Gasteiger partial charge in [0.2, 0.25) is 0 Å². The Morgan fingerprint density at radius 2 is 2.06 bits per heavy atom. The van der Waals surface area contributed by atoms with Gasteiger partial charge in [0.1, 0.15) is 11.8 Å². The predicted octanol–water partition coefficient (Wildman–Crippen LogP) is 2.64. The van der Waals surface area contributed by atoms with Crippen molar-refractivity contribution in [3.05, 3.63) is 28.8 Å². The fourth-order valence-corrected chi connectivity index (χ4v) is 1.48. The summed E-state index contributed by atoms with van der Waals surface area (Å²) in [6, 6.07) is 7.02. The molecule has 18 heavy (non-hydrogen) atoms. The van der Waals surface area contributed by atoms with Crippen LogP contribution in [0, 0.1) is 11.3 Å². The van der Waals surface area contributed by atoms with Crippen molar-refractivity contribution in [1.82, 2.24) is 0 Å². The molecule has 0 aromatic heterocycles. The van der Waals surface area contributed by atoms with Crippen LogP contribution in [0.3, 0.4) is 0 Å². The highest BCUT2D eigenvalue weighted by molar-refractivity contribution is 6.31. The van der Waals surface area contributed by atoms with Gasteiger partial charge >= 0.3 is 0 Å². The standard InChI is InChI=1S/C13H16ClNO3/c1-16-7-8-17-5-2-6-18-12-4-3-11(10-15)13(14)9-12/h3-4,9H,2,5-8H2,1H3. The van der Waals surface area contributed by atoms with Gasteiger partial charge in [0.25, 0.3) is 0 Å². The number of hydrogen-bond donors (Lipinski definition) is 0. The molecule has 0 atom stereocenters. The third-order valence-corrected chi connectivity index (χ3v) is 2.51. The molecule has 0 aliphatic carbocycles. The maximum atomic E-state index is 8.72. The lowest BCUT2D eigenvalue weighted by Crippen LogP contribution is -2.06. The Kier molecular flexibility index (Phi) is 7.19. The van der Waals surface area contributed by atoms with Gasteiger partial charge in [-0.1, -0.05) is 11.6 Å². The monoisotopic (exact) mass is 269 g/mol. The van der Waals surface area contributed by atoms with Crippen molar-refractivity contribution in [2.75, 3.05) is 33.5 Å². The van der Waals surface area contributed by atoms with Crippen molar-refractivity contribution < 1.29 is 14.2 Å². The molecule has 5 heteroatoms. The highest BCUT2D eigenvalue weighted by Crippen LogP contribution is 2.21. The van der Waals surface area contributed by atoms with Gasteiger partial charge in [0, 0.05) is 26.2 Å². The summed E-state index contributed by atoms with van der Waals surface area (Å²) in [6.07, 6.45) is 0.793. The maximum Gasteiger partial charge on any atom is 0.120 e. The Hall–Kier alpha value is -1.28. The summed E-state index contributed by atoms with van der Waals surface area (Å²) in [5, 5.41) is 9.13. The molecule has 1 rings (SSSR count). The number of nitrogens with zero attached hydrogens (tertiary/aromatic N) is 1. The van der Waals surface area contributed by atoms with Gasteiger partial charge < -0.3 is 14.2 Å². The summed E-state index contributed by atoms with van der Waals surface area (Å²) < 4.78 is 15.6. The first-order valence-corrected chi connectivity index (χ1v) is 6.05. The largest absolute Gasteiger partial charge is 0.493 e. The van der Waals surface area contributed by atoms with E-state index in [2.05, 4.69) is 0 Å². The molecule has 0 amide bonds. The molecule has 0 aliphatic rings. The van der Waals surface area contributed by atoms with E-state index in [1.54, 1.807) is 25.3 Å². The quantitative estimate of drug-likeness (QED) is 0.681. The zero-order valence-corrected chi connectivity index (χ0v) is 11.1.